The van der Waals surface area contributed by atoms with Crippen LogP contribution in [0.5, 0.6) is 0 Å². The molecular formula is C23H28O3. The van der Waals surface area contributed by atoms with Gasteiger partial charge in [-0.1, -0.05) is 24.5 Å². The maximum absolute atomic E-state index is 11.8. The Morgan fingerprint density at radius 2 is 2.12 bits per heavy atom. The minimum atomic E-state index is -0.901. The summed E-state index contributed by atoms with van der Waals surface area (Å²) in [5.41, 5.74) is 0.305. The number of esters is 1. The van der Waals surface area contributed by atoms with Gasteiger partial charge in [0.05, 0.1) is 0 Å². The van der Waals surface area contributed by atoms with Gasteiger partial charge in [0.2, 0.25) is 0 Å². The molecule has 0 bridgehead atoms. The number of hydrogen-bond donors (Lipinski definition) is 0. The summed E-state index contributed by atoms with van der Waals surface area (Å²) in [6.45, 7) is 3.63. The van der Waals surface area contributed by atoms with Gasteiger partial charge in [0.15, 0.2) is 11.4 Å². The topological polar surface area (TPSA) is 43.4 Å². The number of allylic oxidation sites excluding steroid dienone is 3. The van der Waals surface area contributed by atoms with E-state index in [0.29, 0.717) is 35.9 Å². The van der Waals surface area contributed by atoms with E-state index in [9.17, 15) is 9.59 Å². The predicted octanol–water partition coefficient (Wildman–Crippen LogP) is 4.23. The Kier molecular flexibility index (Phi) is 4.14. The smallest absolute Gasteiger partial charge is 0.304 e. The normalized spacial score (nSPS) is 43.6. The molecule has 0 aliphatic heterocycles. The van der Waals surface area contributed by atoms with E-state index in [1.165, 1.54) is 12.5 Å². The lowest BCUT2D eigenvalue weighted by molar-refractivity contribution is -0.165. The van der Waals surface area contributed by atoms with Crippen molar-refractivity contribution in [2.24, 2.45) is 29.1 Å². The molecule has 0 N–H and O–H groups in total. The number of terminal acetylenes is 1. The van der Waals surface area contributed by atoms with E-state index in [1.54, 1.807) is 0 Å². The molecule has 0 heterocycles. The summed E-state index contributed by atoms with van der Waals surface area (Å²) in [5.74, 6) is 4.99. The first-order valence-electron chi connectivity index (χ1n) is 10.1. The van der Waals surface area contributed by atoms with E-state index < -0.39 is 5.60 Å². The van der Waals surface area contributed by atoms with Crippen molar-refractivity contribution in [1.29, 1.82) is 0 Å². The van der Waals surface area contributed by atoms with Crippen LogP contribution in [-0.4, -0.2) is 17.4 Å². The van der Waals surface area contributed by atoms with Gasteiger partial charge in [-0.3, -0.25) is 9.59 Å². The molecule has 6 atom stereocenters. The van der Waals surface area contributed by atoms with Gasteiger partial charge in [-0.15, -0.1) is 6.42 Å². The second-order valence-corrected chi connectivity index (χ2v) is 8.60. The fourth-order valence-corrected chi connectivity index (χ4v) is 6.75. The van der Waals surface area contributed by atoms with E-state index in [1.807, 2.05) is 12.2 Å². The lowest BCUT2D eigenvalue weighted by atomic mass is 9.49. The summed E-state index contributed by atoms with van der Waals surface area (Å²) in [4.78, 5) is 23.6. The van der Waals surface area contributed by atoms with Crippen LogP contribution in [0.15, 0.2) is 23.8 Å². The van der Waals surface area contributed by atoms with Crippen molar-refractivity contribution in [2.75, 3.05) is 0 Å². The fraction of sp³-hybridized carbons (Fsp3) is 0.652. The maximum atomic E-state index is 11.8. The standard InChI is InChI=1S/C23H28O3/c1-4-22-12-10-19-18-9-7-17(25)14-16(18)6-8-20(19)21(22)11-13-23(22,5-2)26-15(3)24/h2,11,13-14,18-21H,4,6-10,12H2,1,3H3/t18?,19?,20?,21?,22-,23-/m0/s1. The zero-order valence-corrected chi connectivity index (χ0v) is 15.8. The molecule has 0 saturated heterocycles. The Morgan fingerprint density at radius 1 is 1.31 bits per heavy atom. The minimum absolute atomic E-state index is 0.180. The molecule has 2 fully saturated rings. The van der Waals surface area contributed by atoms with Crippen LogP contribution in [0, 0.1) is 41.4 Å². The summed E-state index contributed by atoms with van der Waals surface area (Å²) < 4.78 is 5.79. The van der Waals surface area contributed by atoms with Gasteiger partial charge in [-0.05, 0) is 74.3 Å². The van der Waals surface area contributed by atoms with E-state index in [-0.39, 0.29) is 11.4 Å². The summed E-state index contributed by atoms with van der Waals surface area (Å²) in [7, 11) is 0. The SMILES string of the molecule is C#C[C@]1(OC(C)=O)C=CC2C3CCC4=CC(=O)CCC4C3CC[C@@]21CC. The maximum Gasteiger partial charge on any atom is 0.304 e. The van der Waals surface area contributed by atoms with Gasteiger partial charge < -0.3 is 4.74 Å². The number of carbonyl (C=O) groups is 2. The molecule has 0 spiro atoms. The average Bonchev–Trinajstić information content (AvgIpc) is 2.95. The van der Waals surface area contributed by atoms with Crippen molar-refractivity contribution >= 4 is 11.8 Å². The number of rotatable bonds is 2. The van der Waals surface area contributed by atoms with Gasteiger partial charge in [0.1, 0.15) is 0 Å². The minimum Gasteiger partial charge on any atom is -0.442 e. The molecule has 26 heavy (non-hydrogen) atoms. The van der Waals surface area contributed by atoms with E-state index in [0.717, 1.165) is 38.5 Å². The van der Waals surface area contributed by atoms with Crippen molar-refractivity contribution in [3.63, 3.8) is 0 Å². The van der Waals surface area contributed by atoms with Crippen molar-refractivity contribution in [3.05, 3.63) is 23.8 Å². The number of ketones is 1. The molecule has 3 heteroatoms. The van der Waals surface area contributed by atoms with Crippen LogP contribution in [0.1, 0.15) is 58.8 Å². The van der Waals surface area contributed by atoms with Gasteiger partial charge in [-0.25, -0.2) is 0 Å². The predicted molar refractivity (Wildman–Crippen MR) is 99.9 cm³/mol. The molecule has 138 valence electrons. The van der Waals surface area contributed by atoms with Gasteiger partial charge in [0, 0.05) is 18.8 Å². The van der Waals surface area contributed by atoms with Crippen molar-refractivity contribution in [2.45, 2.75) is 64.4 Å². The number of carbonyl (C=O) groups excluding carboxylic acids is 2. The molecular weight excluding hydrogens is 324 g/mol. The van der Waals surface area contributed by atoms with Gasteiger partial charge in [-0.2, -0.15) is 0 Å². The molecule has 4 aliphatic rings. The largest absolute Gasteiger partial charge is 0.442 e. The Labute approximate surface area is 156 Å². The van der Waals surface area contributed by atoms with Gasteiger partial charge in [0.25, 0.3) is 0 Å². The van der Waals surface area contributed by atoms with Crippen LogP contribution in [0.2, 0.25) is 0 Å². The third-order valence-electron chi connectivity index (χ3n) is 7.81. The zero-order chi connectivity index (χ0) is 18.5. The Bertz CT molecular complexity index is 739. The van der Waals surface area contributed by atoms with E-state index in [4.69, 9.17) is 11.2 Å². The first-order chi connectivity index (χ1) is 12.5. The second kappa shape index (κ2) is 6.12. The fourth-order valence-electron chi connectivity index (χ4n) is 6.75. The molecule has 0 amide bonds. The lowest BCUT2D eigenvalue weighted by Crippen LogP contribution is -2.55. The molecule has 0 aromatic rings. The van der Waals surface area contributed by atoms with Crippen molar-refractivity contribution in [3.8, 4) is 12.3 Å². The summed E-state index contributed by atoms with van der Waals surface area (Å²) in [6.07, 6.45) is 19.0. The third kappa shape index (κ3) is 2.27. The van der Waals surface area contributed by atoms with Crippen LogP contribution in [0.4, 0.5) is 0 Å². The quantitative estimate of drug-likeness (QED) is 0.424. The molecule has 2 saturated carbocycles. The average molecular weight is 352 g/mol. The highest BCUT2D eigenvalue weighted by molar-refractivity contribution is 5.91. The van der Waals surface area contributed by atoms with Gasteiger partial charge >= 0.3 is 5.97 Å². The lowest BCUT2D eigenvalue weighted by Gasteiger charge is -2.56. The number of hydrogen-bond acceptors (Lipinski definition) is 3. The Hall–Kier alpha value is -1.82. The molecule has 4 rings (SSSR count). The van der Waals surface area contributed by atoms with Crippen LogP contribution in [0.3, 0.4) is 0 Å². The highest BCUT2D eigenvalue weighted by atomic mass is 16.6. The summed E-state index contributed by atoms with van der Waals surface area (Å²) in [5, 5.41) is 0. The first-order valence-corrected chi connectivity index (χ1v) is 10.1. The van der Waals surface area contributed by atoms with E-state index in [2.05, 4.69) is 18.9 Å². The van der Waals surface area contributed by atoms with Crippen LogP contribution >= 0.6 is 0 Å². The third-order valence-corrected chi connectivity index (χ3v) is 7.81. The molecule has 0 aromatic carbocycles. The molecule has 4 aliphatic carbocycles. The second-order valence-electron chi connectivity index (χ2n) is 8.60. The molecule has 3 nitrogen and oxygen atoms in total. The van der Waals surface area contributed by atoms with Crippen molar-refractivity contribution < 1.29 is 14.3 Å². The summed E-state index contributed by atoms with van der Waals surface area (Å²) in [6, 6.07) is 0. The van der Waals surface area contributed by atoms with Crippen molar-refractivity contribution in [1.82, 2.24) is 0 Å². The van der Waals surface area contributed by atoms with Crippen LogP contribution < -0.4 is 0 Å². The molecule has 0 radical (unpaired) electrons. The van der Waals surface area contributed by atoms with Crippen LogP contribution in [-0.2, 0) is 14.3 Å². The summed E-state index contributed by atoms with van der Waals surface area (Å²) >= 11 is 0. The molecule has 0 aromatic heterocycles. The van der Waals surface area contributed by atoms with E-state index >= 15 is 0 Å². The Morgan fingerprint density at radius 3 is 2.81 bits per heavy atom. The number of fused-ring (bicyclic) bond motifs is 5. The Balaban J connectivity index is 1.69. The highest BCUT2D eigenvalue weighted by Gasteiger charge is 2.63. The van der Waals surface area contributed by atoms with Crippen LogP contribution in [0.25, 0.3) is 0 Å². The molecule has 4 unspecified atom stereocenters. The monoisotopic (exact) mass is 352 g/mol. The zero-order valence-electron chi connectivity index (χ0n) is 15.8. The highest BCUT2D eigenvalue weighted by Crippen LogP contribution is 2.64. The number of ether oxygens (including phenoxy) is 1. The first kappa shape index (κ1) is 17.6.